The number of para-hydroxylation sites is 1. The fraction of sp³-hybridized carbons (Fsp3) is 0.261. The lowest BCUT2D eigenvalue weighted by Crippen LogP contribution is -2.47. The van der Waals surface area contributed by atoms with E-state index in [-0.39, 0.29) is 5.92 Å². The number of hydrogen-bond donors (Lipinski definition) is 2. The molecule has 0 spiro atoms. The largest absolute Gasteiger partial charge is 0.467 e. The summed E-state index contributed by atoms with van der Waals surface area (Å²) in [7, 11) is 1.29. The van der Waals surface area contributed by atoms with Crippen molar-refractivity contribution in [2.75, 3.05) is 12.4 Å². The molecule has 0 saturated carbocycles. The van der Waals surface area contributed by atoms with Crippen molar-refractivity contribution in [3.8, 4) is 11.1 Å². The molecule has 0 radical (unpaired) electrons. The van der Waals surface area contributed by atoms with Crippen LogP contribution in [-0.4, -0.2) is 25.2 Å². The number of rotatable bonds is 6. The third kappa shape index (κ3) is 4.68. The minimum Gasteiger partial charge on any atom is -0.467 e. The van der Waals surface area contributed by atoms with Gasteiger partial charge in [-0.2, -0.15) is 0 Å². The first-order valence-corrected chi connectivity index (χ1v) is 9.71. The Bertz CT molecular complexity index is 1120. The van der Waals surface area contributed by atoms with E-state index in [9.17, 15) is 14.4 Å². The predicted octanol–water partition coefficient (Wildman–Crippen LogP) is 4.17. The summed E-state index contributed by atoms with van der Waals surface area (Å²) in [4.78, 5) is 36.8. The van der Waals surface area contributed by atoms with Gasteiger partial charge in [-0.25, -0.2) is 14.4 Å². The summed E-state index contributed by atoms with van der Waals surface area (Å²) in [5, 5.41) is 6.17. The summed E-state index contributed by atoms with van der Waals surface area (Å²) in [5.74, 6) is -0.584. The molecule has 0 aliphatic heterocycles. The van der Waals surface area contributed by atoms with Crippen LogP contribution < -0.4 is 16.3 Å². The summed E-state index contributed by atoms with van der Waals surface area (Å²) in [5.41, 5.74) is 1.53. The van der Waals surface area contributed by atoms with Crippen LogP contribution in [0.2, 0.25) is 0 Å². The lowest BCUT2D eigenvalue weighted by molar-refractivity contribution is -0.144. The number of urea groups is 1. The topological polar surface area (TPSA) is 97.6 Å². The third-order valence-electron chi connectivity index (χ3n) is 5.03. The van der Waals surface area contributed by atoms with Gasteiger partial charge in [-0.1, -0.05) is 50.6 Å². The number of ether oxygens (including phenoxy) is 1. The Hall–Kier alpha value is -3.61. The highest BCUT2D eigenvalue weighted by Crippen LogP contribution is 2.23. The second-order valence-electron chi connectivity index (χ2n) is 7.05. The Kier molecular flexibility index (Phi) is 6.51. The normalized spacial score (nSPS) is 12.8. The quantitative estimate of drug-likeness (QED) is 0.471. The lowest BCUT2D eigenvalue weighted by Gasteiger charge is -2.22. The Morgan fingerprint density at radius 1 is 1.10 bits per heavy atom. The Labute approximate surface area is 174 Å². The highest BCUT2D eigenvalue weighted by molar-refractivity contribution is 5.93. The number of anilines is 1. The van der Waals surface area contributed by atoms with Gasteiger partial charge in [0, 0.05) is 11.1 Å². The zero-order chi connectivity index (χ0) is 21.7. The first-order chi connectivity index (χ1) is 14.4. The van der Waals surface area contributed by atoms with Gasteiger partial charge in [-0.15, -0.1) is 0 Å². The van der Waals surface area contributed by atoms with Gasteiger partial charge in [0.25, 0.3) is 0 Å². The molecule has 3 rings (SSSR count). The predicted molar refractivity (Wildman–Crippen MR) is 115 cm³/mol. The van der Waals surface area contributed by atoms with Crippen LogP contribution in [0.3, 0.4) is 0 Å². The number of amides is 2. The maximum absolute atomic E-state index is 12.4. The molecule has 0 bridgehead atoms. The monoisotopic (exact) mass is 408 g/mol. The molecule has 1 aromatic heterocycles. The molecule has 0 aliphatic rings. The molecule has 30 heavy (non-hydrogen) atoms. The maximum Gasteiger partial charge on any atom is 0.344 e. The van der Waals surface area contributed by atoms with E-state index in [1.54, 1.807) is 42.5 Å². The summed E-state index contributed by atoms with van der Waals surface area (Å²) in [6, 6.07) is 14.6. The van der Waals surface area contributed by atoms with Gasteiger partial charge in [0.1, 0.15) is 11.6 Å². The van der Waals surface area contributed by atoms with E-state index in [0.29, 0.717) is 28.8 Å². The van der Waals surface area contributed by atoms with Crippen molar-refractivity contribution >= 4 is 28.7 Å². The van der Waals surface area contributed by atoms with Gasteiger partial charge in [0.2, 0.25) is 0 Å². The molecule has 2 amide bonds. The first kappa shape index (κ1) is 21.1. The van der Waals surface area contributed by atoms with E-state index < -0.39 is 23.7 Å². The fourth-order valence-corrected chi connectivity index (χ4v) is 3.13. The van der Waals surface area contributed by atoms with Crippen LogP contribution in [0.25, 0.3) is 22.1 Å². The van der Waals surface area contributed by atoms with Crippen LogP contribution in [-0.2, 0) is 9.53 Å². The summed E-state index contributed by atoms with van der Waals surface area (Å²) >= 11 is 0. The van der Waals surface area contributed by atoms with Gasteiger partial charge in [0.15, 0.2) is 0 Å². The zero-order valence-electron chi connectivity index (χ0n) is 17.1. The van der Waals surface area contributed by atoms with Gasteiger partial charge in [-0.05, 0) is 35.7 Å². The molecule has 2 atom stereocenters. The number of methoxy groups -OCH3 is 1. The number of hydrogen-bond acceptors (Lipinski definition) is 5. The molecule has 0 saturated heterocycles. The van der Waals surface area contributed by atoms with E-state index in [4.69, 9.17) is 9.15 Å². The molecule has 7 nitrogen and oxygen atoms in total. The van der Waals surface area contributed by atoms with Gasteiger partial charge in [0.05, 0.1) is 12.7 Å². The van der Waals surface area contributed by atoms with Crippen LogP contribution in [0.1, 0.15) is 20.3 Å². The second-order valence-corrected chi connectivity index (χ2v) is 7.05. The minimum absolute atomic E-state index is 0.0863. The van der Waals surface area contributed by atoms with Crippen molar-refractivity contribution in [2.24, 2.45) is 5.92 Å². The molecule has 2 aromatic carbocycles. The number of carbonyl (C=O) groups excluding carboxylic acids is 2. The molecular formula is C23H24N2O5. The second kappa shape index (κ2) is 9.26. The van der Waals surface area contributed by atoms with E-state index in [0.717, 1.165) is 5.39 Å². The van der Waals surface area contributed by atoms with Crippen molar-refractivity contribution in [1.82, 2.24) is 5.32 Å². The van der Waals surface area contributed by atoms with Crippen LogP contribution >= 0.6 is 0 Å². The van der Waals surface area contributed by atoms with Crippen LogP contribution in [0.4, 0.5) is 10.5 Å². The van der Waals surface area contributed by atoms with Crippen LogP contribution in [0, 0.1) is 5.92 Å². The van der Waals surface area contributed by atoms with Crippen molar-refractivity contribution in [3.05, 3.63) is 65.0 Å². The van der Waals surface area contributed by atoms with E-state index in [1.807, 2.05) is 26.0 Å². The first-order valence-electron chi connectivity index (χ1n) is 9.71. The maximum atomic E-state index is 12.4. The molecular weight excluding hydrogens is 384 g/mol. The highest BCUT2D eigenvalue weighted by Gasteiger charge is 2.26. The highest BCUT2D eigenvalue weighted by atomic mass is 16.5. The van der Waals surface area contributed by atoms with E-state index in [2.05, 4.69) is 10.6 Å². The number of nitrogens with one attached hydrogen (secondary N) is 2. The number of carbonyl (C=O) groups is 2. The zero-order valence-corrected chi connectivity index (χ0v) is 17.1. The summed E-state index contributed by atoms with van der Waals surface area (Å²) in [6.45, 7) is 3.79. The summed E-state index contributed by atoms with van der Waals surface area (Å²) in [6.07, 6.45) is 0.702. The summed E-state index contributed by atoms with van der Waals surface area (Å²) < 4.78 is 10.2. The Morgan fingerprint density at radius 2 is 1.87 bits per heavy atom. The molecule has 1 heterocycles. The van der Waals surface area contributed by atoms with Crippen molar-refractivity contribution in [1.29, 1.82) is 0 Å². The average molecular weight is 408 g/mol. The van der Waals surface area contributed by atoms with Crippen molar-refractivity contribution in [2.45, 2.75) is 26.3 Å². The van der Waals surface area contributed by atoms with E-state index >= 15 is 0 Å². The van der Waals surface area contributed by atoms with Gasteiger partial charge < -0.3 is 19.8 Å². The van der Waals surface area contributed by atoms with Gasteiger partial charge in [-0.3, -0.25) is 0 Å². The number of fused-ring (bicyclic) bond motifs is 1. The number of benzene rings is 2. The third-order valence-corrected chi connectivity index (χ3v) is 5.03. The van der Waals surface area contributed by atoms with Gasteiger partial charge >= 0.3 is 17.6 Å². The molecule has 0 fully saturated rings. The molecule has 3 aromatic rings. The number of esters is 1. The van der Waals surface area contributed by atoms with Crippen molar-refractivity contribution < 1.29 is 18.7 Å². The standard InChI is InChI=1S/C23H24N2O5/c1-4-14(2)20(22(27)29-3)25-23(28)24-17-10-7-9-15(12-17)18-13-16-8-5-6-11-19(16)30-21(18)26/h5-14,20H,4H2,1-3H3,(H2,24,25,28)/t14?,20-/m0/s1. The Balaban J connectivity index is 1.82. The molecule has 0 aliphatic carbocycles. The van der Waals surface area contributed by atoms with Crippen LogP contribution in [0.5, 0.6) is 0 Å². The Morgan fingerprint density at radius 3 is 2.60 bits per heavy atom. The van der Waals surface area contributed by atoms with Crippen LogP contribution in [0.15, 0.2) is 63.8 Å². The molecule has 1 unspecified atom stereocenters. The smallest absolute Gasteiger partial charge is 0.344 e. The van der Waals surface area contributed by atoms with Crippen molar-refractivity contribution in [3.63, 3.8) is 0 Å². The lowest BCUT2D eigenvalue weighted by atomic mass is 9.99. The molecule has 156 valence electrons. The molecule has 2 N–H and O–H groups in total. The average Bonchev–Trinajstić information content (AvgIpc) is 2.76. The SMILES string of the molecule is CCC(C)[C@H](NC(=O)Nc1cccc(-c2cc3ccccc3oc2=O)c1)C(=O)OC. The fourth-order valence-electron chi connectivity index (χ4n) is 3.13. The van der Waals surface area contributed by atoms with E-state index in [1.165, 1.54) is 7.11 Å². The molecule has 7 heteroatoms. The minimum atomic E-state index is -0.754.